The molecule has 0 unspecified atom stereocenters. The van der Waals surface area contributed by atoms with Crippen molar-refractivity contribution in [3.8, 4) is 0 Å². The summed E-state index contributed by atoms with van der Waals surface area (Å²) in [6.07, 6.45) is 4.04. The average Bonchev–Trinajstić information content (AvgIpc) is 3.09. The Labute approximate surface area is 164 Å². The highest BCUT2D eigenvalue weighted by atomic mass is 16.1. The monoisotopic (exact) mass is 375 g/mol. The number of H-pyrrole nitrogens is 1. The van der Waals surface area contributed by atoms with Crippen molar-refractivity contribution in [2.24, 2.45) is 0 Å². The molecule has 1 aliphatic rings. The molecule has 0 saturated carbocycles. The Hall–Kier alpha value is -3.12. The van der Waals surface area contributed by atoms with E-state index in [1.54, 1.807) is 6.92 Å². The van der Waals surface area contributed by atoms with Gasteiger partial charge < -0.3 is 15.1 Å². The van der Waals surface area contributed by atoms with Gasteiger partial charge in [0.1, 0.15) is 0 Å². The van der Waals surface area contributed by atoms with Crippen LogP contribution in [0.1, 0.15) is 18.2 Å². The molecule has 2 aromatic carbocycles. The Morgan fingerprint density at radius 3 is 2.57 bits per heavy atom. The molecule has 0 spiro atoms. The summed E-state index contributed by atoms with van der Waals surface area (Å²) in [4.78, 5) is 16.4. The molecule has 144 valence electrons. The number of nitrogens with zero attached hydrogens (tertiary/aromatic N) is 3. The molecule has 0 atom stereocenters. The maximum atomic E-state index is 11.8. The van der Waals surface area contributed by atoms with E-state index in [0.717, 1.165) is 59.7 Å². The molecular formula is C22H25N5O. The fourth-order valence-corrected chi connectivity index (χ4v) is 3.54. The molecule has 1 fully saturated rings. The standard InChI is InChI=1S/C22H25N5O/c1-16(28)23-21-14-18-19(9-8-17-6-4-3-5-7-17)24-25-20(18)15-22(21)27-12-10-26(2)11-13-27/h3-9,14-15H,10-13H2,1-2H3,(H,23,28)(H,24,25)/b9-8+. The molecule has 1 aromatic heterocycles. The van der Waals surface area contributed by atoms with E-state index in [1.165, 1.54) is 0 Å². The Morgan fingerprint density at radius 2 is 1.86 bits per heavy atom. The number of carbonyl (C=O) groups excluding carboxylic acids is 1. The van der Waals surface area contributed by atoms with Crippen molar-refractivity contribution < 1.29 is 4.79 Å². The van der Waals surface area contributed by atoms with Gasteiger partial charge >= 0.3 is 0 Å². The van der Waals surface area contributed by atoms with Gasteiger partial charge in [0.15, 0.2) is 0 Å². The van der Waals surface area contributed by atoms with E-state index < -0.39 is 0 Å². The number of aromatic nitrogens is 2. The van der Waals surface area contributed by atoms with Crippen LogP contribution in [0.2, 0.25) is 0 Å². The van der Waals surface area contributed by atoms with Crippen molar-refractivity contribution in [3.63, 3.8) is 0 Å². The van der Waals surface area contributed by atoms with Crippen LogP contribution in [0.4, 0.5) is 11.4 Å². The van der Waals surface area contributed by atoms with E-state index in [2.05, 4.69) is 50.6 Å². The predicted octanol–water partition coefficient (Wildman–Crippen LogP) is 3.44. The SMILES string of the molecule is CC(=O)Nc1cc2c(/C=C/c3ccccc3)n[nH]c2cc1N1CCN(C)CC1. The molecule has 4 rings (SSSR count). The zero-order valence-corrected chi connectivity index (χ0v) is 16.3. The summed E-state index contributed by atoms with van der Waals surface area (Å²) in [5.74, 6) is -0.0698. The number of anilines is 2. The Balaban J connectivity index is 1.71. The molecule has 1 saturated heterocycles. The van der Waals surface area contributed by atoms with E-state index in [1.807, 2.05) is 36.4 Å². The minimum atomic E-state index is -0.0698. The number of aromatic amines is 1. The number of carbonyl (C=O) groups is 1. The van der Waals surface area contributed by atoms with E-state index in [0.29, 0.717) is 0 Å². The van der Waals surface area contributed by atoms with Crippen molar-refractivity contribution in [1.82, 2.24) is 15.1 Å². The molecule has 28 heavy (non-hydrogen) atoms. The van der Waals surface area contributed by atoms with Crippen molar-refractivity contribution in [2.45, 2.75) is 6.92 Å². The normalized spacial score (nSPS) is 15.4. The fraction of sp³-hybridized carbons (Fsp3) is 0.273. The van der Waals surface area contributed by atoms with Gasteiger partial charge in [0.2, 0.25) is 5.91 Å². The minimum Gasteiger partial charge on any atom is -0.367 e. The molecule has 6 nitrogen and oxygen atoms in total. The highest BCUT2D eigenvalue weighted by Crippen LogP contribution is 2.33. The van der Waals surface area contributed by atoms with Gasteiger partial charge in [0.25, 0.3) is 0 Å². The number of fused-ring (bicyclic) bond motifs is 1. The topological polar surface area (TPSA) is 64.3 Å². The molecule has 0 bridgehead atoms. The van der Waals surface area contributed by atoms with Gasteiger partial charge in [-0.2, -0.15) is 5.10 Å². The van der Waals surface area contributed by atoms with Crippen LogP contribution >= 0.6 is 0 Å². The first-order chi connectivity index (χ1) is 13.6. The molecule has 0 aliphatic carbocycles. The van der Waals surface area contributed by atoms with Gasteiger partial charge in [0, 0.05) is 38.5 Å². The lowest BCUT2D eigenvalue weighted by atomic mass is 10.1. The van der Waals surface area contributed by atoms with Crippen molar-refractivity contribution >= 4 is 40.3 Å². The summed E-state index contributed by atoms with van der Waals surface area (Å²) in [5, 5.41) is 11.6. The predicted molar refractivity (Wildman–Crippen MR) is 115 cm³/mol. The van der Waals surface area contributed by atoms with Crippen LogP contribution in [0, 0.1) is 0 Å². The maximum absolute atomic E-state index is 11.8. The van der Waals surface area contributed by atoms with E-state index in [-0.39, 0.29) is 5.91 Å². The van der Waals surface area contributed by atoms with Gasteiger partial charge in [-0.15, -0.1) is 0 Å². The summed E-state index contributed by atoms with van der Waals surface area (Å²) >= 11 is 0. The zero-order valence-electron chi connectivity index (χ0n) is 16.3. The average molecular weight is 375 g/mol. The molecule has 1 amide bonds. The lowest BCUT2D eigenvalue weighted by molar-refractivity contribution is -0.114. The Kier molecular flexibility index (Phi) is 5.12. The van der Waals surface area contributed by atoms with Crippen LogP contribution in [0.5, 0.6) is 0 Å². The highest BCUT2D eigenvalue weighted by molar-refractivity contribution is 6.00. The molecule has 6 heteroatoms. The largest absolute Gasteiger partial charge is 0.367 e. The van der Waals surface area contributed by atoms with E-state index >= 15 is 0 Å². The molecule has 2 N–H and O–H groups in total. The van der Waals surface area contributed by atoms with Crippen LogP contribution in [0.25, 0.3) is 23.1 Å². The third-order valence-electron chi connectivity index (χ3n) is 5.10. The van der Waals surface area contributed by atoms with Crippen molar-refractivity contribution in [1.29, 1.82) is 0 Å². The summed E-state index contributed by atoms with van der Waals surface area (Å²) < 4.78 is 0. The fourth-order valence-electron chi connectivity index (χ4n) is 3.54. The van der Waals surface area contributed by atoms with Crippen LogP contribution in [0.15, 0.2) is 42.5 Å². The van der Waals surface area contributed by atoms with Crippen LogP contribution in [-0.2, 0) is 4.79 Å². The van der Waals surface area contributed by atoms with Crippen molar-refractivity contribution in [3.05, 3.63) is 53.7 Å². The smallest absolute Gasteiger partial charge is 0.221 e. The lowest BCUT2D eigenvalue weighted by Gasteiger charge is -2.35. The lowest BCUT2D eigenvalue weighted by Crippen LogP contribution is -2.44. The van der Waals surface area contributed by atoms with Gasteiger partial charge in [-0.3, -0.25) is 9.89 Å². The minimum absolute atomic E-state index is 0.0698. The zero-order chi connectivity index (χ0) is 19.5. The summed E-state index contributed by atoms with van der Waals surface area (Å²) in [5.41, 5.74) is 4.82. The van der Waals surface area contributed by atoms with E-state index in [4.69, 9.17) is 0 Å². The number of amides is 1. The number of benzene rings is 2. The first-order valence-corrected chi connectivity index (χ1v) is 9.56. The third kappa shape index (κ3) is 3.92. The number of piperazine rings is 1. The van der Waals surface area contributed by atoms with Crippen LogP contribution in [0.3, 0.4) is 0 Å². The maximum Gasteiger partial charge on any atom is 0.221 e. The first-order valence-electron chi connectivity index (χ1n) is 9.56. The highest BCUT2D eigenvalue weighted by Gasteiger charge is 2.19. The number of likely N-dealkylation sites (N-methyl/N-ethyl adjacent to an activating group) is 1. The first kappa shape index (κ1) is 18.3. The summed E-state index contributed by atoms with van der Waals surface area (Å²) in [7, 11) is 2.13. The number of hydrogen-bond donors (Lipinski definition) is 2. The molecule has 3 aromatic rings. The Bertz CT molecular complexity index is 1000. The number of rotatable bonds is 4. The van der Waals surface area contributed by atoms with Gasteiger partial charge in [-0.25, -0.2) is 0 Å². The van der Waals surface area contributed by atoms with Gasteiger partial charge in [0.05, 0.1) is 22.6 Å². The second kappa shape index (κ2) is 7.86. The summed E-state index contributed by atoms with van der Waals surface area (Å²) in [6, 6.07) is 14.3. The van der Waals surface area contributed by atoms with Crippen molar-refractivity contribution in [2.75, 3.05) is 43.4 Å². The van der Waals surface area contributed by atoms with Gasteiger partial charge in [-0.05, 0) is 30.8 Å². The molecule has 1 aliphatic heterocycles. The van der Waals surface area contributed by atoms with Crippen LogP contribution in [-0.4, -0.2) is 54.2 Å². The third-order valence-corrected chi connectivity index (χ3v) is 5.10. The number of nitrogens with one attached hydrogen (secondary N) is 2. The molecule has 0 radical (unpaired) electrons. The van der Waals surface area contributed by atoms with Crippen LogP contribution < -0.4 is 10.2 Å². The van der Waals surface area contributed by atoms with E-state index in [9.17, 15) is 4.79 Å². The Morgan fingerprint density at radius 1 is 1.11 bits per heavy atom. The second-order valence-electron chi connectivity index (χ2n) is 7.24. The molecular weight excluding hydrogens is 350 g/mol. The quantitative estimate of drug-likeness (QED) is 0.733. The summed E-state index contributed by atoms with van der Waals surface area (Å²) in [6.45, 7) is 5.42. The van der Waals surface area contributed by atoms with Gasteiger partial charge in [-0.1, -0.05) is 36.4 Å². The molecule has 2 heterocycles. The second-order valence-corrected chi connectivity index (χ2v) is 7.24. The number of hydrogen-bond acceptors (Lipinski definition) is 4.